The number of halogens is 3. The fourth-order valence-corrected chi connectivity index (χ4v) is 5.88. The summed E-state index contributed by atoms with van der Waals surface area (Å²) in [6.45, 7) is 8.13. The molecule has 0 radical (unpaired) electrons. The van der Waals surface area contributed by atoms with Gasteiger partial charge >= 0.3 is 5.51 Å². The minimum atomic E-state index is -5.79. The number of rotatable bonds is 11. The number of nitrogens with one attached hydrogen (secondary N) is 2. The average molecular weight is 516 g/mol. The van der Waals surface area contributed by atoms with E-state index in [0.717, 1.165) is 25.1 Å². The molecular weight excluding hydrogens is 483 g/mol. The number of sulfonamides is 1. The highest BCUT2D eigenvalue weighted by molar-refractivity contribution is 7.92. The van der Waals surface area contributed by atoms with Gasteiger partial charge in [0.2, 0.25) is 10.0 Å². The molecule has 0 bridgehead atoms. The van der Waals surface area contributed by atoms with Gasteiger partial charge in [-0.2, -0.15) is 13.2 Å². The smallest absolute Gasteiger partial charge is 0.383 e. The van der Waals surface area contributed by atoms with Crippen LogP contribution in [0.5, 0.6) is 0 Å². The zero-order valence-electron chi connectivity index (χ0n) is 19.0. The van der Waals surface area contributed by atoms with Gasteiger partial charge in [0.1, 0.15) is 4.90 Å². The van der Waals surface area contributed by atoms with Gasteiger partial charge in [-0.25, -0.2) is 21.6 Å². The molecule has 13 heteroatoms. The fraction of sp³-hybridized carbons (Fsp3) is 0.700. The number of ether oxygens (including phenoxy) is 1. The second-order valence-electron chi connectivity index (χ2n) is 8.17. The van der Waals surface area contributed by atoms with E-state index < -0.39 is 41.2 Å². The quantitative estimate of drug-likeness (QED) is 0.467. The maximum Gasteiger partial charge on any atom is 0.501 e. The maximum atomic E-state index is 13.4. The number of benzene rings is 1. The van der Waals surface area contributed by atoms with Crippen LogP contribution in [0.3, 0.4) is 0 Å². The highest BCUT2D eigenvalue weighted by Gasteiger charge is 2.48. The van der Waals surface area contributed by atoms with E-state index in [1.54, 1.807) is 0 Å². The van der Waals surface area contributed by atoms with E-state index in [4.69, 9.17) is 4.74 Å². The molecule has 1 saturated heterocycles. The van der Waals surface area contributed by atoms with Crippen molar-refractivity contribution in [1.29, 1.82) is 0 Å². The van der Waals surface area contributed by atoms with Crippen LogP contribution in [0.25, 0.3) is 0 Å². The van der Waals surface area contributed by atoms with Crippen molar-refractivity contribution in [2.75, 3.05) is 38.2 Å². The lowest BCUT2D eigenvalue weighted by Gasteiger charge is -2.26. The molecule has 0 aliphatic carbocycles. The van der Waals surface area contributed by atoms with Crippen LogP contribution in [-0.4, -0.2) is 72.2 Å². The van der Waals surface area contributed by atoms with E-state index >= 15 is 0 Å². The number of hydrogen-bond donors (Lipinski definition) is 2. The lowest BCUT2D eigenvalue weighted by Crippen LogP contribution is -2.39. The summed E-state index contributed by atoms with van der Waals surface area (Å²) in [5.41, 5.74) is -5.87. The van der Waals surface area contributed by atoms with Gasteiger partial charge in [0.05, 0.1) is 10.6 Å². The minimum Gasteiger partial charge on any atom is -0.383 e. The van der Waals surface area contributed by atoms with Crippen LogP contribution in [0, 0.1) is 0 Å². The topological polar surface area (TPSA) is 105 Å². The van der Waals surface area contributed by atoms with Crippen LogP contribution in [0.4, 0.5) is 18.9 Å². The van der Waals surface area contributed by atoms with Gasteiger partial charge in [0.25, 0.3) is 9.84 Å². The van der Waals surface area contributed by atoms with Crippen molar-refractivity contribution >= 4 is 25.5 Å². The van der Waals surface area contributed by atoms with Crippen molar-refractivity contribution in [2.24, 2.45) is 0 Å². The van der Waals surface area contributed by atoms with E-state index in [-0.39, 0.29) is 18.3 Å². The molecular formula is C20H32F3N3O5S2. The molecule has 0 atom stereocenters. The van der Waals surface area contributed by atoms with Gasteiger partial charge in [-0.15, -0.1) is 0 Å². The lowest BCUT2D eigenvalue weighted by molar-refractivity contribution is -0.0435. The van der Waals surface area contributed by atoms with Crippen molar-refractivity contribution < 1.29 is 34.7 Å². The van der Waals surface area contributed by atoms with Gasteiger partial charge in [0.15, 0.2) is 0 Å². The molecule has 1 aliphatic rings. The van der Waals surface area contributed by atoms with Crippen molar-refractivity contribution in [3.05, 3.63) is 18.2 Å². The van der Waals surface area contributed by atoms with E-state index in [1.807, 2.05) is 20.8 Å². The van der Waals surface area contributed by atoms with E-state index in [9.17, 15) is 30.0 Å². The van der Waals surface area contributed by atoms with Gasteiger partial charge in [-0.05, 0) is 57.9 Å². The van der Waals surface area contributed by atoms with Crippen LogP contribution in [0.2, 0.25) is 0 Å². The third-order valence-corrected chi connectivity index (χ3v) is 8.40. The van der Waals surface area contributed by atoms with Gasteiger partial charge in [-0.3, -0.25) is 4.90 Å². The standard InChI is InChI=1S/C20H32F3N3O5S2/c1-4-10-26(15(2)3)11-9-24-18-6-5-17(14-19(18)32(27,28)20(21,22)23)33(29,30)25-16-7-12-31-13-8-16/h5-6,14-16,24-25H,4,7-13H2,1-3H3. The Labute approximate surface area is 193 Å². The zero-order valence-corrected chi connectivity index (χ0v) is 20.6. The molecule has 2 N–H and O–H groups in total. The molecule has 8 nitrogen and oxygen atoms in total. The summed E-state index contributed by atoms with van der Waals surface area (Å²) < 4.78 is 97.6. The normalized spacial score (nSPS) is 16.5. The number of hydrogen-bond acceptors (Lipinski definition) is 7. The monoisotopic (exact) mass is 515 g/mol. The Kier molecular flexibility index (Phi) is 9.57. The summed E-state index contributed by atoms with van der Waals surface area (Å²) >= 11 is 0. The number of anilines is 1. The Balaban J connectivity index is 2.35. The van der Waals surface area contributed by atoms with E-state index in [2.05, 4.69) is 14.9 Å². The van der Waals surface area contributed by atoms with Gasteiger partial charge in [0, 0.05) is 38.4 Å². The molecule has 1 heterocycles. The van der Waals surface area contributed by atoms with Crippen LogP contribution in [0.15, 0.2) is 28.0 Å². The molecule has 0 aromatic heterocycles. The van der Waals surface area contributed by atoms with Gasteiger partial charge < -0.3 is 10.1 Å². The molecule has 1 aromatic rings. The molecule has 1 aromatic carbocycles. The second-order valence-corrected chi connectivity index (χ2v) is 11.8. The lowest BCUT2D eigenvalue weighted by atomic mass is 10.1. The van der Waals surface area contributed by atoms with Crippen molar-refractivity contribution in [2.45, 2.75) is 67.4 Å². The zero-order chi connectivity index (χ0) is 24.9. The van der Waals surface area contributed by atoms with E-state index in [0.29, 0.717) is 38.7 Å². The maximum absolute atomic E-state index is 13.4. The van der Waals surface area contributed by atoms with Crippen LogP contribution < -0.4 is 10.0 Å². The number of sulfone groups is 1. The van der Waals surface area contributed by atoms with Crippen LogP contribution in [-0.2, 0) is 24.6 Å². The summed E-state index contributed by atoms with van der Waals surface area (Å²) in [5.74, 6) is 0. The Hall–Kier alpha value is -1.41. The second kappa shape index (κ2) is 11.3. The van der Waals surface area contributed by atoms with Crippen molar-refractivity contribution in [3.63, 3.8) is 0 Å². The molecule has 0 saturated carbocycles. The Morgan fingerprint density at radius 3 is 2.30 bits per heavy atom. The fourth-order valence-electron chi connectivity index (χ4n) is 3.52. The predicted octanol–water partition coefficient (Wildman–Crippen LogP) is 2.97. The summed E-state index contributed by atoms with van der Waals surface area (Å²) in [6.07, 6.45) is 1.71. The van der Waals surface area contributed by atoms with Crippen LogP contribution >= 0.6 is 0 Å². The highest BCUT2D eigenvalue weighted by atomic mass is 32.2. The molecule has 190 valence electrons. The Morgan fingerprint density at radius 1 is 1.12 bits per heavy atom. The first-order valence-corrected chi connectivity index (χ1v) is 13.8. The van der Waals surface area contributed by atoms with Crippen LogP contribution in [0.1, 0.15) is 40.0 Å². The third kappa shape index (κ3) is 7.28. The number of alkyl halides is 3. The summed E-state index contributed by atoms with van der Waals surface area (Å²) in [4.78, 5) is 0.440. The minimum absolute atomic E-state index is 0.185. The number of nitrogens with zero attached hydrogens (tertiary/aromatic N) is 1. The van der Waals surface area contributed by atoms with Crippen molar-refractivity contribution in [1.82, 2.24) is 9.62 Å². The molecule has 33 heavy (non-hydrogen) atoms. The molecule has 1 aliphatic heterocycles. The largest absolute Gasteiger partial charge is 0.501 e. The summed E-state index contributed by atoms with van der Waals surface area (Å²) in [6, 6.07) is 2.50. The average Bonchev–Trinajstić information content (AvgIpc) is 2.72. The van der Waals surface area contributed by atoms with E-state index in [1.165, 1.54) is 0 Å². The first-order valence-electron chi connectivity index (χ1n) is 10.8. The molecule has 0 amide bonds. The SMILES string of the molecule is CCCN(CCNc1ccc(S(=O)(=O)NC2CCOCC2)cc1S(=O)(=O)C(F)(F)F)C(C)C. The first-order chi connectivity index (χ1) is 15.3. The molecule has 2 rings (SSSR count). The van der Waals surface area contributed by atoms with Gasteiger partial charge in [-0.1, -0.05) is 6.92 Å². The molecule has 1 fully saturated rings. The first kappa shape index (κ1) is 27.8. The molecule has 0 spiro atoms. The molecule has 0 unspecified atom stereocenters. The Bertz CT molecular complexity index is 993. The highest BCUT2D eigenvalue weighted by Crippen LogP contribution is 2.35. The third-order valence-electron chi connectivity index (χ3n) is 5.36. The predicted molar refractivity (Wildman–Crippen MR) is 119 cm³/mol. The Morgan fingerprint density at radius 2 is 1.76 bits per heavy atom. The summed E-state index contributed by atoms with van der Waals surface area (Å²) in [7, 11) is -10.0. The summed E-state index contributed by atoms with van der Waals surface area (Å²) in [5, 5.41) is 2.74. The van der Waals surface area contributed by atoms with Crippen molar-refractivity contribution in [3.8, 4) is 0 Å².